The normalized spacial score (nSPS) is 24.1. The van der Waals surface area contributed by atoms with E-state index in [1.54, 1.807) is 6.07 Å². The molecule has 0 saturated carbocycles. The first-order chi connectivity index (χ1) is 7.99. The van der Waals surface area contributed by atoms with Gasteiger partial charge in [-0.2, -0.15) is 0 Å². The molecule has 0 unspecified atom stereocenters. The lowest BCUT2D eigenvalue weighted by Crippen LogP contribution is -2.23. The fourth-order valence-electron chi connectivity index (χ4n) is 2.05. The first-order valence-electron chi connectivity index (χ1n) is 5.15. The van der Waals surface area contributed by atoms with Crippen molar-refractivity contribution >= 4 is 34.9 Å². The average Bonchev–Trinajstić information content (AvgIpc) is 2.64. The molecule has 0 bridgehead atoms. The Morgan fingerprint density at radius 3 is 2.76 bits per heavy atom. The standard InChI is InChI=1S/C10H11Cl2N3O2/c1-5-3-15(4-6(5)10(16)17)7-2-8(11)13-14-9(7)12/h2,5-6H,3-4H2,1H3,(H,16,17)/t5-,6-/m1/s1. The minimum absolute atomic E-state index is 0.0653. The van der Waals surface area contributed by atoms with Gasteiger partial charge in [0.15, 0.2) is 10.3 Å². The lowest BCUT2D eigenvalue weighted by molar-refractivity contribution is -0.142. The minimum atomic E-state index is -0.788. The zero-order valence-corrected chi connectivity index (χ0v) is 10.6. The van der Waals surface area contributed by atoms with Crippen molar-refractivity contribution < 1.29 is 9.90 Å². The van der Waals surface area contributed by atoms with Crippen LogP contribution < -0.4 is 4.90 Å². The number of carboxylic acid groups (broad SMARTS) is 1. The highest BCUT2D eigenvalue weighted by Gasteiger charge is 2.35. The summed E-state index contributed by atoms with van der Waals surface area (Å²) in [7, 11) is 0. The topological polar surface area (TPSA) is 66.3 Å². The van der Waals surface area contributed by atoms with Gasteiger partial charge in [0.25, 0.3) is 0 Å². The SMILES string of the molecule is C[C@@H]1CN(c2cc(Cl)nnc2Cl)C[C@H]1C(=O)O. The first-order valence-corrected chi connectivity index (χ1v) is 5.91. The molecule has 0 aromatic carbocycles. The smallest absolute Gasteiger partial charge is 0.308 e. The van der Waals surface area contributed by atoms with Crippen molar-refractivity contribution in [3.8, 4) is 0 Å². The number of nitrogens with zero attached hydrogens (tertiary/aromatic N) is 3. The Morgan fingerprint density at radius 1 is 1.47 bits per heavy atom. The lowest BCUT2D eigenvalue weighted by atomic mass is 9.99. The van der Waals surface area contributed by atoms with E-state index < -0.39 is 11.9 Å². The Kier molecular flexibility index (Phi) is 3.40. The van der Waals surface area contributed by atoms with Gasteiger partial charge in [-0.1, -0.05) is 30.1 Å². The summed E-state index contributed by atoms with van der Waals surface area (Å²) in [6.07, 6.45) is 0. The third kappa shape index (κ3) is 2.45. The van der Waals surface area contributed by atoms with Crippen LogP contribution in [-0.2, 0) is 4.79 Å². The maximum absolute atomic E-state index is 11.0. The Morgan fingerprint density at radius 2 is 2.18 bits per heavy atom. The van der Waals surface area contributed by atoms with Crippen molar-refractivity contribution in [3.05, 3.63) is 16.4 Å². The maximum Gasteiger partial charge on any atom is 0.308 e. The van der Waals surface area contributed by atoms with E-state index in [2.05, 4.69) is 10.2 Å². The second-order valence-corrected chi connectivity index (χ2v) is 4.92. The minimum Gasteiger partial charge on any atom is -0.481 e. The fraction of sp³-hybridized carbons (Fsp3) is 0.500. The van der Waals surface area contributed by atoms with Gasteiger partial charge < -0.3 is 10.0 Å². The van der Waals surface area contributed by atoms with Crippen LogP contribution in [0.2, 0.25) is 10.3 Å². The van der Waals surface area contributed by atoms with Gasteiger partial charge in [0.05, 0.1) is 11.6 Å². The molecule has 1 aliphatic heterocycles. The average molecular weight is 276 g/mol. The monoisotopic (exact) mass is 275 g/mol. The quantitative estimate of drug-likeness (QED) is 0.894. The molecule has 1 aliphatic rings. The number of carboxylic acids is 1. The third-order valence-electron chi connectivity index (χ3n) is 2.97. The molecule has 17 heavy (non-hydrogen) atoms. The van der Waals surface area contributed by atoms with Gasteiger partial charge in [0, 0.05) is 19.2 Å². The van der Waals surface area contributed by atoms with Gasteiger partial charge in [-0.05, 0) is 5.92 Å². The molecule has 2 atom stereocenters. The highest BCUT2D eigenvalue weighted by Crippen LogP contribution is 2.32. The highest BCUT2D eigenvalue weighted by molar-refractivity contribution is 6.33. The molecule has 5 nitrogen and oxygen atoms in total. The predicted molar refractivity (Wildman–Crippen MR) is 64.6 cm³/mol. The summed E-state index contributed by atoms with van der Waals surface area (Å²) in [5.41, 5.74) is 0.641. The molecule has 0 radical (unpaired) electrons. The second kappa shape index (κ2) is 4.66. The van der Waals surface area contributed by atoms with Crippen LogP contribution in [0.3, 0.4) is 0 Å². The molecule has 7 heteroatoms. The predicted octanol–water partition coefficient (Wildman–Crippen LogP) is 1.94. The zero-order valence-electron chi connectivity index (χ0n) is 9.10. The van der Waals surface area contributed by atoms with E-state index in [0.29, 0.717) is 18.8 Å². The van der Waals surface area contributed by atoms with E-state index in [4.69, 9.17) is 28.3 Å². The largest absolute Gasteiger partial charge is 0.481 e. The number of carbonyl (C=O) groups is 1. The van der Waals surface area contributed by atoms with Gasteiger partial charge in [-0.3, -0.25) is 4.79 Å². The molecule has 1 aromatic heterocycles. The van der Waals surface area contributed by atoms with Gasteiger partial charge in [-0.25, -0.2) is 0 Å². The zero-order chi connectivity index (χ0) is 12.6. The van der Waals surface area contributed by atoms with Crippen molar-refractivity contribution in [2.75, 3.05) is 18.0 Å². The summed E-state index contributed by atoms with van der Waals surface area (Å²) in [5.74, 6) is -1.11. The third-order valence-corrected chi connectivity index (χ3v) is 3.42. The van der Waals surface area contributed by atoms with Crippen LogP contribution in [0.4, 0.5) is 5.69 Å². The fourth-order valence-corrected chi connectivity index (χ4v) is 2.40. The van der Waals surface area contributed by atoms with Crippen LogP contribution in [0.1, 0.15) is 6.92 Å². The van der Waals surface area contributed by atoms with E-state index in [1.165, 1.54) is 0 Å². The van der Waals surface area contributed by atoms with Crippen LogP contribution in [0.25, 0.3) is 0 Å². The molecular weight excluding hydrogens is 265 g/mol. The summed E-state index contributed by atoms with van der Waals surface area (Å²) in [5, 5.41) is 16.9. The Bertz CT molecular complexity index is 455. The van der Waals surface area contributed by atoms with E-state index in [-0.39, 0.29) is 16.2 Å². The van der Waals surface area contributed by atoms with E-state index in [0.717, 1.165) is 0 Å². The first kappa shape index (κ1) is 12.4. The van der Waals surface area contributed by atoms with Crippen molar-refractivity contribution in [1.29, 1.82) is 0 Å². The molecule has 2 rings (SSSR count). The molecule has 2 heterocycles. The molecule has 1 saturated heterocycles. The second-order valence-electron chi connectivity index (χ2n) is 4.17. The van der Waals surface area contributed by atoms with Crippen molar-refractivity contribution in [3.63, 3.8) is 0 Å². The van der Waals surface area contributed by atoms with E-state index in [1.807, 2.05) is 11.8 Å². The summed E-state index contributed by atoms with van der Waals surface area (Å²) in [6, 6.07) is 1.60. The van der Waals surface area contributed by atoms with Gasteiger partial charge >= 0.3 is 5.97 Å². The molecule has 1 aromatic rings. The molecule has 1 fully saturated rings. The van der Waals surface area contributed by atoms with Crippen LogP contribution >= 0.6 is 23.2 Å². The van der Waals surface area contributed by atoms with Crippen LogP contribution in [-0.4, -0.2) is 34.4 Å². The molecule has 1 N–H and O–H groups in total. The van der Waals surface area contributed by atoms with Gasteiger partial charge in [-0.15, -0.1) is 10.2 Å². The van der Waals surface area contributed by atoms with E-state index in [9.17, 15) is 4.79 Å². The number of anilines is 1. The molecule has 0 aliphatic carbocycles. The Balaban J connectivity index is 2.25. The molecule has 92 valence electrons. The van der Waals surface area contributed by atoms with Gasteiger partial charge in [0.2, 0.25) is 0 Å². The highest BCUT2D eigenvalue weighted by atomic mass is 35.5. The number of hydrogen-bond acceptors (Lipinski definition) is 4. The number of aliphatic carboxylic acids is 1. The Hall–Kier alpha value is -1.07. The number of rotatable bonds is 2. The van der Waals surface area contributed by atoms with Crippen molar-refractivity contribution in [2.45, 2.75) is 6.92 Å². The van der Waals surface area contributed by atoms with Crippen molar-refractivity contribution in [1.82, 2.24) is 10.2 Å². The summed E-state index contributed by atoms with van der Waals surface area (Å²) in [6.45, 7) is 2.94. The van der Waals surface area contributed by atoms with Gasteiger partial charge in [0.1, 0.15) is 0 Å². The number of aromatic nitrogens is 2. The van der Waals surface area contributed by atoms with Crippen LogP contribution in [0.5, 0.6) is 0 Å². The lowest BCUT2D eigenvalue weighted by Gasteiger charge is -2.18. The molecule has 0 spiro atoms. The number of halogens is 2. The van der Waals surface area contributed by atoms with Crippen LogP contribution in [0, 0.1) is 11.8 Å². The summed E-state index contributed by atoms with van der Waals surface area (Å²) >= 11 is 11.7. The maximum atomic E-state index is 11.0. The summed E-state index contributed by atoms with van der Waals surface area (Å²) < 4.78 is 0. The van der Waals surface area contributed by atoms with Crippen LogP contribution in [0.15, 0.2) is 6.07 Å². The Labute approximate surface area is 108 Å². The number of hydrogen-bond donors (Lipinski definition) is 1. The molecular formula is C10H11Cl2N3O2. The van der Waals surface area contributed by atoms with Crippen molar-refractivity contribution in [2.24, 2.45) is 11.8 Å². The summed E-state index contributed by atoms with van der Waals surface area (Å²) in [4.78, 5) is 12.9. The van der Waals surface area contributed by atoms with E-state index >= 15 is 0 Å². The molecule has 0 amide bonds.